The lowest BCUT2D eigenvalue weighted by Crippen LogP contribution is -1.98. The second-order valence-corrected chi connectivity index (χ2v) is 7.69. The highest BCUT2D eigenvalue weighted by atomic mass is 32.2. The standard InChI is InChI=1S/C20H19N5S/c1-24-19(17-11-16(17)14-7-3-2-4-8-14)22-23-20(24)26-13-15-12-25-10-6-5-9-18(25)21-15/h2-10,12,16-17H,11,13H2,1H3. The van der Waals surface area contributed by atoms with E-state index in [2.05, 4.69) is 63.3 Å². The van der Waals surface area contributed by atoms with Crippen LogP contribution in [0.2, 0.25) is 0 Å². The number of thioether (sulfide) groups is 1. The van der Waals surface area contributed by atoms with Crippen molar-refractivity contribution in [1.29, 1.82) is 0 Å². The van der Waals surface area contributed by atoms with E-state index in [4.69, 9.17) is 0 Å². The highest BCUT2D eigenvalue weighted by Crippen LogP contribution is 2.54. The van der Waals surface area contributed by atoms with Crippen LogP contribution in [0.15, 0.2) is 66.1 Å². The third kappa shape index (κ3) is 2.80. The van der Waals surface area contributed by atoms with E-state index in [1.165, 1.54) is 5.56 Å². The fourth-order valence-corrected chi connectivity index (χ4v) is 4.32. The van der Waals surface area contributed by atoms with Crippen molar-refractivity contribution in [1.82, 2.24) is 24.1 Å². The van der Waals surface area contributed by atoms with E-state index in [1.807, 2.05) is 28.8 Å². The number of nitrogens with zero attached hydrogens (tertiary/aromatic N) is 5. The molecular formula is C20H19N5S. The van der Waals surface area contributed by atoms with E-state index in [9.17, 15) is 0 Å². The van der Waals surface area contributed by atoms with Gasteiger partial charge in [0, 0.05) is 31.1 Å². The highest BCUT2D eigenvalue weighted by molar-refractivity contribution is 7.98. The number of fused-ring (bicyclic) bond motifs is 1. The van der Waals surface area contributed by atoms with E-state index >= 15 is 0 Å². The zero-order valence-electron chi connectivity index (χ0n) is 14.5. The van der Waals surface area contributed by atoms with Crippen LogP contribution in [0.25, 0.3) is 5.65 Å². The summed E-state index contributed by atoms with van der Waals surface area (Å²) in [5.74, 6) is 2.95. The predicted octanol–water partition coefficient (Wildman–Crippen LogP) is 4.03. The van der Waals surface area contributed by atoms with E-state index in [0.717, 1.165) is 34.5 Å². The Morgan fingerprint density at radius 3 is 2.73 bits per heavy atom. The van der Waals surface area contributed by atoms with Crippen LogP contribution in [-0.4, -0.2) is 24.1 Å². The van der Waals surface area contributed by atoms with Crippen molar-refractivity contribution in [2.75, 3.05) is 0 Å². The van der Waals surface area contributed by atoms with Crippen molar-refractivity contribution >= 4 is 17.4 Å². The Kier molecular flexibility index (Phi) is 3.78. The molecular weight excluding hydrogens is 342 g/mol. The molecule has 3 aromatic heterocycles. The largest absolute Gasteiger partial charge is 0.309 e. The highest BCUT2D eigenvalue weighted by Gasteiger charge is 2.42. The molecule has 1 saturated carbocycles. The van der Waals surface area contributed by atoms with E-state index in [0.29, 0.717) is 11.8 Å². The van der Waals surface area contributed by atoms with Gasteiger partial charge in [0.1, 0.15) is 11.5 Å². The number of imidazole rings is 1. The normalized spacial score (nSPS) is 19.1. The van der Waals surface area contributed by atoms with Crippen molar-refractivity contribution in [3.05, 3.63) is 78.0 Å². The molecule has 1 aromatic carbocycles. The van der Waals surface area contributed by atoms with E-state index < -0.39 is 0 Å². The van der Waals surface area contributed by atoms with Gasteiger partial charge in [-0.3, -0.25) is 0 Å². The van der Waals surface area contributed by atoms with E-state index in [1.54, 1.807) is 11.8 Å². The SMILES string of the molecule is Cn1c(SCc2cn3ccccc3n2)nnc1C1CC1c1ccccc1. The van der Waals surface area contributed by atoms with Gasteiger partial charge in [0.15, 0.2) is 5.16 Å². The Hall–Kier alpha value is -2.60. The lowest BCUT2D eigenvalue weighted by atomic mass is 10.1. The summed E-state index contributed by atoms with van der Waals surface area (Å²) in [5, 5.41) is 9.84. The predicted molar refractivity (Wildman–Crippen MR) is 102 cm³/mol. The van der Waals surface area contributed by atoms with Gasteiger partial charge in [0.05, 0.1) is 5.69 Å². The Morgan fingerprint density at radius 1 is 1.04 bits per heavy atom. The summed E-state index contributed by atoms with van der Waals surface area (Å²) in [6.45, 7) is 0. The summed E-state index contributed by atoms with van der Waals surface area (Å²) in [6, 6.07) is 16.7. The molecule has 1 fully saturated rings. The molecule has 6 heteroatoms. The number of benzene rings is 1. The van der Waals surface area contributed by atoms with Gasteiger partial charge in [-0.15, -0.1) is 10.2 Å². The van der Waals surface area contributed by atoms with Gasteiger partial charge in [-0.05, 0) is 30.0 Å². The maximum atomic E-state index is 4.65. The third-order valence-corrected chi connectivity index (χ3v) is 6.04. The molecule has 1 aliphatic rings. The fourth-order valence-electron chi connectivity index (χ4n) is 3.52. The minimum absolute atomic E-state index is 0.486. The number of pyridine rings is 1. The molecule has 0 aliphatic heterocycles. The van der Waals surface area contributed by atoms with E-state index in [-0.39, 0.29) is 0 Å². The average molecular weight is 361 g/mol. The number of hydrogen-bond donors (Lipinski definition) is 0. The number of aromatic nitrogens is 5. The summed E-state index contributed by atoms with van der Waals surface area (Å²) in [6.07, 6.45) is 5.26. The maximum absolute atomic E-state index is 4.65. The molecule has 0 saturated heterocycles. The Balaban J connectivity index is 1.29. The molecule has 26 heavy (non-hydrogen) atoms. The molecule has 0 N–H and O–H groups in total. The summed E-state index contributed by atoms with van der Waals surface area (Å²) < 4.78 is 4.20. The molecule has 4 aromatic rings. The van der Waals surface area contributed by atoms with Crippen LogP contribution < -0.4 is 0 Å². The number of hydrogen-bond acceptors (Lipinski definition) is 4. The zero-order valence-corrected chi connectivity index (χ0v) is 15.3. The van der Waals surface area contributed by atoms with Crippen LogP contribution in [-0.2, 0) is 12.8 Å². The first-order valence-corrected chi connectivity index (χ1v) is 9.78. The summed E-state index contributed by atoms with van der Waals surface area (Å²) in [4.78, 5) is 4.65. The van der Waals surface area contributed by atoms with Crippen LogP contribution in [0.5, 0.6) is 0 Å². The van der Waals surface area contributed by atoms with Gasteiger partial charge in [-0.2, -0.15) is 0 Å². The van der Waals surface area contributed by atoms with Crippen molar-refractivity contribution in [3.8, 4) is 0 Å². The van der Waals surface area contributed by atoms with Crippen molar-refractivity contribution < 1.29 is 0 Å². The van der Waals surface area contributed by atoms with Gasteiger partial charge < -0.3 is 8.97 Å². The van der Waals surface area contributed by atoms with Crippen molar-refractivity contribution in [3.63, 3.8) is 0 Å². The Bertz CT molecular complexity index is 1020. The minimum atomic E-state index is 0.486. The molecule has 0 radical (unpaired) electrons. The van der Waals surface area contributed by atoms with Crippen molar-refractivity contribution in [2.24, 2.45) is 7.05 Å². The van der Waals surface area contributed by atoms with Crippen LogP contribution in [0.4, 0.5) is 0 Å². The zero-order chi connectivity index (χ0) is 17.5. The van der Waals surface area contributed by atoms with Crippen molar-refractivity contribution in [2.45, 2.75) is 29.2 Å². The lowest BCUT2D eigenvalue weighted by Gasteiger charge is -2.03. The second-order valence-electron chi connectivity index (χ2n) is 6.75. The summed E-state index contributed by atoms with van der Waals surface area (Å²) in [7, 11) is 2.07. The summed E-state index contributed by atoms with van der Waals surface area (Å²) in [5.41, 5.74) is 3.43. The number of rotatable bonds is 5. The minimum Gasteiger partial charge on any atom is -0.309 e. The first-order chi connectivity index (χ1) is 12.8. The molecule has 0 spiro atoms. The van der Waals surface area contributed by atoms with Gasteiger partial charge in [0.25, 0.3) is 0 Å². The van der Waals surface area contributed by atoms with Gasteiger partial charge >= 0.3 is 0 Å². The fraction of sp³-hybridized carbons (Fsp3) is 0.250. The molecule has 3 heterocycles. The molecule has 5 rings (SSSR count). The van der Waals surface area contributed by atoms with Gasteiger partial charge in [0.2, 0.25) is 0 Å². The second kappa shape index (κ2) is 6.29. The van der Waals surface area contributed by atoms with Crippen LogP contribution in [0, 0.1) is 0 Å². The Morgan fingerprint density at radius 2 is 1.88 bits per heavy atom. The topological polar surface area (TPSA) is 48.0 Å². The first-order valence-electron chi connectivity index (χ1n) is 8.79. The van der Waals surface area contributed by atoms with Crippen LogP contribution >= 0.6 is 11.8 Å². The molecule has 0 bridgehead atoms. The third-order valence-electron chi connectivity index (χ3n) is 4.98. The molecule has 5 nitrogen and oxygen atoms in total. The first kappa shape index (κ1) is 15.6. The van der Waals surface area contributed by atoms with Crippen LogP contribution in [0.3, 0.4) is 0 Å². The monoisotopic (exact) mass is 361 g/mol. The molecule has 2 atom stereocenters. The Labute approximate surface area is 156 Å². The molecule has 1 aliphatic carbocycles. The van der Waals surface area contributed by atoms with Gasteiger partial charge in [-0.25, -0.2) is 4.98 Å². The lowest BCUT2D eigenvalue weighted by molar-refractivity contribution is 0.730. The quantitative estimate of drug-likeness (QED) is 0.504. The smallest absolute Gasteiger partial charge is 0.191 e. The molecule has 2 unspecified atom stereocenters. The summed E-state index contributed by atoms with van der Waals surface area (Å²) >= 11 is 1.69. The molecule has 130 valence electrons. The van der Waals surface area contributed by atoms with Crippen LogP contribution in [0.1, 0.15) is 35.3 Å². The van der Waals surface area contributed by atoms with Gasteiger partial charge in [-0.1, -0.05) is 48.2 Å². The molecule has 0 amide bonds. The average Bonchev–Trinajstić information content (AvgIpc) is 3.22. The maximum Gasteiger partial charge on any atom is 0.191 e.